The first-order valence-corrected chi connectivity index (χ1v) is 11.1. The van der Waals surface area contributed by atoms with E-state index >= 15 is 0 Å². The fourth-order valence-electron chi connectivity index (χ4n) is 4.59. The van der Waals surface area contributed by atoms with Gasteiger partial charge in [-0.15, -0.1) is 0 Å². The lowest BCUT2D eigenvalue weighted by Gasteiger charge is -2.40. The first-order chi connectivity index (χ1) is 14.5. The van der Waals surface area contributed by atoms with E-state index in [0.29, 0.717) is 33.6 Å². The molecule has 0 saturated heterocycles. The van der Waals surface area contributed by atoms with Crippen molar-refractivity contribution >= 4 is 29.0 Å². The second kappa shape index (κ2) is 7.72. The molecule has 3 aromatic rings. The Morgan fingerprint density at radius 2 is 1.60 bits per heavy atom. The third kappa shape index (κ3) is 3.51. The van der Waals surface area contributed by atoms with E-state index < -0.39 is 5.60 Å². The molecule has 0 atom stereocenters. The van der Waals surface area contributed by atoms with E-state index in [1.807, 2.05) is 54.6 Å². The summed E-state index contributed by atoms with van der Waals surface area (Å²) < 4.78 is 6.45. The summed E-state index contributed by atoms with van der Waals surface area (Å²) in [4.78, 5) is 18.0. The van der Waals surface area contributed by atoms with Gasteiger partial charge in [0.1, 0.15) is 5.60 Å². The van der Waals surface area contributed by atoms with Gasteiger partial charge in [-0.25, -0.2) is 4.98 Å². The number of rotatable bonds is 2. The Morgan fingerprint density at radius 1 is 0.867 bits per heavy atom. The Labute approximate surface area is 186 Å². The van der Waals surface area contributed by atoms with E-state index in [1.54, 1.807) is 0 Å². The Morgan fingerprint density at radius 3 is 2.33 bits per heavy atom. The number of ketones is 1. The maximum atomic E-state index is 13.1. The molecule has 0 amide bonds. The Balaban J connectivity index is 1.70. The molecule has 5 rings (SSSR count). The first kappa shape index (κ1) is 19.6. The molecule has 1 aliphatic heterocycles. The molecule has 0 N–H and O–H groups in total. The van der Waals surface area contributed by atoms with E-state index in [-0.39, 0.29) is 5.78 Å². The number of hydrogen-bond acceptors (Lipinski definition) is 3. The highest BCUT2D eigenvalue weighted by molar-refractivity contribution is 6.33. The van der Waals surface area contributed by atoms with Crippen LogP contribution in [-0.4, -0.2) is 16.4 Å². The molecule has 1 fully saturated rings. The largest absolute Gasteiger partial charge is 0.470 e. The molecule has 2 heterocycles. The zero-order valence-electron chi connectivity index (χ0n) is 16.5. The third-order valence-electron chi connectivity index (χ3n) is 6.13. The lowest BCUT2D eigenvalue weighted by molar-refractivity contribution is 0.00996. The van der Waals surface area contributed by atoms with Gasteiger partial charge in [-0.2, -0.15) is 0 Å². The van der Waals surface area contributed by atoms with Crippen LogP contribution in [-0.2, 0) is 0 Å². The molecule has 1 aliphatic carbocycles. The number of halogens is 2. The minimum atomic E-state index is -0.408. The molecular formula is C25H21Cl2NO2. The predicted molar refractivity (Wildman–Crippen MR) is 121 cm³/mol. The number of fused-ring (bicyclic) bond motifs is 1. The summed E-state index contributed by atoms with van der Waals surface area (Å²) in [5, 5.41) is 1.26. The van der Waals surface area contributed by atoms with Crippen molar-refractivity contribution in [1.29, 1.82) is 0 Å². The monoisotopic (exact) mass is 437 g/mol. The SMILES string of the molecule is O=C1CC2(CCCCC2)Oc2nc(-c3ccccc3Cl)c(-c3ccc(Cl)cc3)cc21. The van der Waals surface area contributed by atoms with Crippen LogP contribution in [0, 0.1) is 0 Å². The molecule has 1 spiro atoms. The fraction of sp³-hybridized carbons (Fsp3) is 0.280. The zero-order valence-corrected chi connectivity index (χ0v) is 18.0. The average Bonchev–Trinajstić information content (AvgIpc) is 2.74. The number of carbonyl (C=O) groups is 1. The van der Waals surface area contributed by atoms with Crippen LogP contribution >= 0.6 is 23.2 Å². The smallest absolute Gasteiger partial charge is 0.225 e. The lowest BCUT2D eigenvalue weighted by atomic mass is 9.78. The minimum absolute atomic E-state index is 0.103. The molecule has 152 valence electrons. The molecule has 0 radical (unpaired) electrons. The van der Waals surface area contributed by atoms with Crippen LogP contribution in [0.3, 0.4) is 0 Å². The van der Waals surface area contributed by atoms with Gasteiger partial charge < -0.3 is 4.74 Å². The van der Waals surface area contributed by atoms with Gasteiger partial charge in [0.2, 0.25) is 5.88 Å². The highest BCUT2D eigenvalue weighted by atomic mass is 35.5. The van der Waals surface area contributed by atoms with E-state index in [2.05, 4.69) is 0 Å². The molecule has 0 bridgehead atoms. The Hall–Kier alpha value is -2.36. The molecule has 1 aromatic heterocycles. The number of nitrogens with zero attached hydrogens (tertiary/aromatic N) is 1. The van der Waals surface area contributed by atoms with E-state index in [1.165, 1.54) is 6.42 Å². The fourth-order valence-corrected chi connectivity index (χ4v) is 4.94. The maximum Gasteiger partial charge on any atom is 0.225 e. The number of benzene rings is 2. The highest BCUT2D eigenvalue weighted by Gasteiger charge is 2.42. The van der Waals surface area contributed by atoms with E-state index in [4.69, 9.17) is 32.9 Å². The van der Waals surface area contributed by atoms with Gasteiger partial charge in [-0.1, -0.05) is 60.0 Å². The van der Waals surface area contributed by atoms with Crippen molar-refractivity contribution in [3.8, 4) is 28.3 Å². The van der Waals surface area contributed by atoms with Crippen molar-refractivity contribution in [2.75, 3.05) is 0 Å². The van der Waals surface area contributed by atoms with Crippen LogP contribution in [0.25, 0.3) is 22.4 Å². The van der Waals surface area contributed by atoms with Gasteiger partial charge >= 0.3 is 0 Å². The molecule has 3 nitrogen and oxygen atoms in total. The number of aromatic nitrogens is 1. The predicted octanol–water partition coefficient (Wildman–Crippen LogP) is 7.39. The minimum Gasteiger partial charge on any atom is -0.470 e. The van der Waals surface area contributed by atoms with Crippen molar-refractivity contribution in [1.82, 2.24) is 4.98 Å². The lowest BCUT2D eigenvalue weighted by Crippen LogP contribution is -2.44. The van der Waals surface area contributed by atoms with Crippen molar-refractivity contribution in [3.63, 3.8) is 0 Å². The van der Waals surface area contributed by atoms with Gasteiger partial charge in [0, 0.05) is 21.2 Å². The summed E-state index contributed by atoms with van der Waals surface area (Å²) in [6.45, 7) is 0. The van der Waals surface area contributed by atoms with Crippen LogP contribution < -0.4 is 4.74 Å². The summed E-state index contributed by atoms with van der Waals surface area (Å²) in [7, 11) is 0. The average molecular weight is 438 g/mol. The molecule has 30 heavy (non-hydrogen) atoms. The highest BCUT2D eigenvalue weighted by Crippen LogP contribution is 2.44. The molecule has 0 unspecified atom stereocenters. The van der Waals surface area contributed by atoms with Gasteiger partial charge in [-0.05, 0) is 55.5 Å². The third-order valence-corrected chi connectivity index (χ3v) is 6.71. The topological polar surface area (TPSA) is 39.2 Å². The standard InChI is InChI=1S/C25H21Cl2NO2/c26-17-10-8-16(9-11-17)19-14-20-22(29)15-25(12-4-1-5-13-25)30-24(20)28-23(19)18-6-2-3-7-21(18)27/h2-3,6-11,14H,1,4-5,12-13,15H2. The second-order valence-electron chi connectivity index (χ2n) is 8.17. The second-order valence-corrected chi connectivity index (χ2v) is 9.01. The van der Waals surface area contributed by atoms with Crippen molar-refractivity contribution < 1.29 is 9.53 Å². The van der Waals surface area contributed by atoms with Crippen LogP contribution in [0.5, 0.6) is 5.88 Å². The van der Waals surface area contributed by atoms with Crippen LogP contribution in [0.15, 0.2) is 54.6 Å². The summed E-state index contributed by atoms with van der Waals surface area (Å²) >= 11 is 12.6. The number of hydrogen-bond donors (Lipinski definition) is 0. The van der Waals surface area contributed by atoms with Crippen molar-refractivity contribution in [2.24, 2.45) is 0 Å². The molecular weight excluding hydrogens is 417 g/mol. The zero-order chi connectivity index (χ0) is 20.7. The van der Waals surface area contributed by atoms with Gasteiger partial charge in [-0.3, -0.25) is 4.79 Å². The van der Waals surface area contributed by atoms with Crippen LogP contribution in [0.4, 0.5) is 0 Å². The summed E-state index contributed by atoms with van der Waals surface area (Å²) in [5.74, 6) is 0.535. The van der Waals surface area contributed by atoms with Gasteiger partial charge in [0.25, 0.3) is 0 Å². The number of carbonyl (C=O) groups excluding carboxylic acids is 1. The summed E-state index contributed by atoms with van der Waals surface area (Å²) in [6.07, 6.45) is 5.60. The Kier molecular flexibility index (Phi) is 5.04. The number of pyridine rings is 1. The van der Waals surface area contributed by atoms with E-state index in [9.17, 15) is 4.79 Å². The van der Waals surface area contributed by atoms with Crippen LogP contribution in [0.2, 0.25) is 10.0 Å². The molecule has 2 aromatic carbocycles. The number of ether oxygens (including phenoxy) is 1. The maximum absolute atomic E-state index is 13.1. The van der Waals surface area contributed by atoms with Crippen molar-refractivity contribution in [2.45, 2.75) is 44.1 Å². The first-order valence-electron chi connectivity index (χ1n) is 10.3. The Bertz CT molecular complexity index is 1120. The van der Waals surface area contributed by atoms with Gasteiger partial charge in [0.05, 0.1) is 17.7 Å². The van der Waals surface area contributed by atoms with E-state index in [0.717, 1.165) is 42.4 Å². The summed E-state index contributed by atoms with van der Waals surface area (Å²) in [5.41, 5.74) is 3.43. The summed E-state index contributed by atoms with van der Waals surface area (Å²) in [6, 6.07) is 17.1. The van der Waals surface area contributed by atoms with Gasteiger partial charge in [0.15, 0.2) is 5.78 Å². The quantitative estimate of drug-likeness (QED) is 0.419. The molecule has 1 saturated carbocycles. The van der Waals surface area contributed by atoms with Crippen LogP contribution in [0.1, 0.15) is 48.9 Å². The normalized spacial score (nSPS) is 17.5. The molecule has 2 aliphatic rings. The number of Topliss-reactive ketones (excluding diaryl/α,β-unsaturated/α-hetero) is 1. The van der Waals surface area contributed by atoms with Crippen molar-refractivity contribution in [3.05, 3.63) is 70.2 Å². The molecule has 5 heteroatoms.